The minimum Gasteiger partial charge on any atom is -0.511 e. The maximum absolute atomic E-state index is 13.6. The topological polar surface area (TPSA) is 178 Å². The van der Waals surface area contributed by atoms with Gasteiger partial charge in [0.2, 0.25) is 5.78 Å². The molecule has 36 heavy (non-hydrogen) atoms. The molecule has 184 valence electrons. The van der Waals surface area contributed by atoms with E-state index in [1.54, 1.807) is 36.4 Å². The Kier molecular flexibility index (Phi) is 5.33. The van der Waals surface area contributed by atoms with E-state index >= 15 is 0 Å². The second kappa shape index (κ2) is 8.06. The van der Waals surface area contributed by atoms with Crippen LogP contribution in [0.4, 0.5) is 0 Å². The van der Waals surface area contributed by atoms with Crippen LogP contribution in [0.25, 0.3) is 11.6 Å². The number of nitrogens with two attached hydrogens (primary N) is 1. The van der Waals surface area contributed by atoms with Crippen LogP contribution in [0.1, 0.15) is 27.9 Å². The largest absolute Gasteiger partial charge is 0.511 e. The number of aromatic hydroxyl groups is 1. The second-order valence-corrected chi connectivity index (χ2v) is 9.44. The highest BCUT2D eigenvalue weighted by Gasteiger charge is 2.63. The van der Waals surface area contributed by atoms with E-state index in [1.807, 2.05) is 0 Å². The van der Waals surface area contributed by atoms with Gasteiger partial charge in [-0.05, 0) is 34.9 Å². The predicted molar refractivity (Wildman–Crippen MR) is 128 cm³/mol. The van der Waals surface area contributed by atoms with E-state index in [1.165, 1.54) is 12.1 Å². The van der Waals surface area contributed by atoms with Crippen LogP contribution in [0, 0.1) is 11.8 Å². The number of amides is 1. The number of allylic oxidation sites excluding steroid dienone is 1. The third-order valence-electron chi connectivity index (χ3n) is 7.07. The molecule has 0 heterocycles. The first-order valence-corrected chi connectivity index (χ1v) is 11.3. The molecule has 2 aromatic rings. The lowest BCUT2D eigenvalue weighted by Crippen LogP contribution is -2.62. The highest BCUT2D eigenvalue weighted by Crippen LogP contribution is 2.55. The third kappa shape index (κ3) is 3.13. The lowest BCUT2D eigenvalue weighted by atomic mass is 9.57. The van der Waals surface area contributed by atoms with Crippen LogP contribution in [0.5, 0.6) is 5.75 Å². The Morgan fingerprint density at radius 1 is 1.11 bits per heavy atom. The summed E-state index contributed by atoms with van der Waals surface area (Å²) >= 11 is 6.12. The number of ketones is 2. The van der Waals surface area contributed by atoms with Crippen LogP contribution in [0.2, 0.25) is 5.02 Å². The fourth-order valence-corrected chi connectivity index (χ4v) is 5.66. The molecule has 0 saturated carbocycles. The van der Waals surface area contributed by atoms with Crippen molar-refractivity contribution in [2.45, 2.75) is 18.1 Å². The zero-order valence-corrected chi connectivity index (χ0v) is 19.2. The molecule has 0 fully saturated rings. The Bertz CT molecular complexity index is 1470. The zero-order chi connectivity index (χ0) is 26.1. The minimum absolute atomic E-state index is 0.199. The second-order valence-electron chi connectivity index (χ2n) is 9.01. The summed E-state index contributed by atoms with van der Waals surface area (Å²) in [4.78, 5) is 38.5. The molecule has 3 aliphatic carbocycles. The summed E-state index contributed by atoms with van der Waals surface area (Å²) in [6, 6.07) is 11.0. The van der Waals surface area contributed by atoms with Gasteiger partial charge in [-0.3, -0.25) is 14.4 Å². The van der Waals surface area contributed by atoms with Gasteiger partial charge in [-0.25, -0.2) is 0 Å². The Balaban J connectivity index is 1.83. The van der Waals surface area contributed by atoms with E-state index in [0.717, 1.165) is 0 Å². The predicted octanol–water partition coefficient (Wildman–Crippen LogP) is 2.20. The number of fused-ring (bicyclic) bond motifs is 3. The number of rotatable bonds is 2. The SMILES string of the molecule is NC(=O)C1=C(O)C[C@@H]2[C@@H](O)[C@H]3C(=C(O)[C@]2(O)C1=O)C(=O)c1c(O)cccc1/C3=C\c1cccc(Cl)c1. The van der Waals surface area contributed by atoms with Crippen molar-refractivity contribution in [3.05, 3.63) is 86.8 Å². The van der Waals surface area contributed by atoms with Gasteiger partial charge in [0.1, 0.15) is 22.8 Å². The van der Waals surface area contributed by atoms with Gasteiger partial charge in [-0.2, -0.15) is 0 Å². The zero-order valence-electron chi connectivity index (χ0n) is 18.5. The van der Waals surface area contributed by atoms with E-state index < -0.39 is 75.8 Å². The van der Waals surface area contributed by atoms with E-state index in [2.05, 4.69) is 0 Å². The number of carbonyl (C=O) groups excluding carboxylic acids is 3. The average Bonchev–Trinajstić information content (AvgIpc) is 2.81. The number of primary amides is 1. The Morgan fingerprint density at radius 2 is 1.81 bits per heavy atom. The fraction of sp³-hybridized carbons (Fsp3) is 0.192. The molecule has 9 nitrogen and oxygen atoms in total. The maximum Gasteiger partial charge on any atom is 0.255 e. The number of hydrogen-bond donors (Lipinski definition) is 6. The van der Waals surface area contributed by atoms with Crippen LogP contribution in [0.15, 0.2) is 65.1 Å². The van der Waals surface area contributed by atoms with Crippen molar-refractivity contribution in [2.24, 2.45) is 17.6 Å². The monoisotopic (exact) mass is 509 g/mol. The molecular formula is C26H20ClNO8. The molecule has 0 aliphatic heterocycles. The molecule has 2 aromatic carbocycles. The van der Waals surface area contributed by atoms with Crippen LogP contribution >= 0.6 is 11.6 Å². The third-order valence-corrected chi connectivity index (χ3v) is 7.31. The van der Waals surface area contributed by atoms with Gasteiger partial charge < -0.3 is 31.3 Å². The van der Waals surface area contributed by atoms with Gasteiger partial charge in [0.05, 0.1) is 17.2 Å². The molecule has 0 aromatic heterocycles. The van der Waals surface area contributed by atoms with Crippen molar-refractivity contribution in [3.63, 3.8) is 0 Å². The van der Waals surface area contributed by atoms with Gasteiger partial charge in [-0.15, -0.1) is 0 Å². The fourth-order valence-electron chi connectivity index (χ4n) is 5.46. The molecule has 0 unspecified atom stereocenters. The number of phenols is 1. The number of aliphatic hydroxyl groups is 4. The molecule has 0 saturated heterocycles. The van der Waals surface area contributed by atoms with Gasteiger partial charge in [-0.1, -0.05) is 41.9 Å². The average molecular weight is 510 g/mol. The van der Waals surface area contributed by atoms with Crippen molar-refractivity contribution < 1.29 is 39.9 Å². The number of hydrogen-bond acceptors (Lipinski definition) is 8. The first-order chi connectivity index (χ1) is 17.0. The molecular weight excluding hydrogens is 490 g/mol. The van der Waals surface area contributed by atoms with E-state index in [4.69, 9.17) is 17.3 Å². The van der Waals surface area contributed by atoms with Crippen molar-refractivity contribution in [2.75, 3.05) is 0 Å². The molecule has 10 heteroatoms. The van der Waals surface area contributed by atoms with Gasteiger partial charge in [0.15, 0.2) is 11.4 Å². The lowest BCUT2D eigenvalue weighted by molar-refractivity contribution is -0.152. The molecule has 0 bridgehead atoms. The normalized spacial score (nSPS) is 28.6. The number of benzene rings is 2. The quantitative estimate of drug-likeness (QED) is 0.333. The van der Waals surface area contributed by atoms with Crippen molar-refractivity contribution in [1.82, 2.24) is 0 Å². The summed E-state index contributed by atoms with van der Waals surface area (Å²) < 4.78 is 0. The Labute approximate surface area is 209 Å². The number of carbonyl (C=O) groups is 3. The lowest BCUT2D eigenvalue weighted by Gasteiger charge is -2.49. The highest BCUT2D eigenvalue weighted by molar-refractivity contribution is 6.30. The smallest absolute Gasteiger partial charge is 0.255 e. The van der Waals surface area contributed by atoms with E-state index in [-0.39, 0.29) is 11.1 Å². The summed E-state index contributed by atoms with van der Waals surface area (Å²) in [5.74, 6) is -8.68. The molecule has 7 N–H and O–H groups in total. The molecule has 5 rings (SSSR count). The van der Waals surface area contributed by atoms with Gasteiger partial charge >= 0.3 is 0 Å². The Hall–Kier alpha value is -3.92. The number of aliphatic hydroxyl groups excluding tert-OH is 3. The van der Waals surface area contributed by atoms with Crippen LogP contribution in [0.3, 0.4) is 0 Å². The van der Waals surface area contributed by atoms with Gasteiger partial charge in [0, 0.05) is 23.3 Å². The summed E-state index contributed by atoms with van der Waals surface area (Å²) in [6.45, 7) is 0. The van der Waals surface area contributed by atoms with Crippen LogP contribution in [-0.2, 0) is 9.59 Å². The molecule has 4 atom stereocenters. The van der Waals surface area contributed by atoms with Crippen molar-refractivity contribution in [1.29, 1.82) is 0 Å². The van der Waals surface area contributed by atoms with Crippen LogP contribution in [-0.4, -0.2) is 54.7 Å². The molecule has 0 radical (unpaired) electrons. The number of Topliss-reactive ketones (excluding diaryl/α,β-unsaturated/α-hetero) is 2. The first kappa shape index (κ1) is 23.8. The summed E-state index contributed by atoms with van der Waals surface area (Å²) in [5, 5.41) is 55.4. The molecule has 1 amide bonds. The molecule has 0 spiro atoms. The molecule has 3 aliphatic rings. The van der Waals surface area contributed by atoms with E-state index in [9.17, 15) is 39.9 Å². The van der Waals surface area contributed by atoms with Gasteiger partial charge in [0.25, 0.3) is 5.91 Å². The first-order valence-electron chi connectivity index (χ1n) is 10.9. The van der Waals surface area contributed by atoms with Crippen LogP contribution < -0.4 is 5.73 Å². The van der Waals surface area contributed by atoms with Crippen molar-refractivity contribution >= 4 is 40.7 Å². The maximum atomic E-state index is 13.6. The highest BCUT2D eigenvalue weighted by atomic mass is 35.5. The summed E-state index contributed by atoms with van der Waals surface area (Å²) in [5.41, 5.74) is 1.81. The number of phenolic OH excluding ortho intramolecular Hbond substituents is 1. The number of halogens is 1. The van der Waals surface area contributed by atoms with E-state index in [0.29, 0.717) is 16.2 Å². The summed E-state index contributed by atoms with van der Waals surface area (Å²) in [6.07, 6.45) is -0.635. The summed E-state index contributed by atoms with van der Waals surface area (Å²) in [7, 11) is 0. The minimum atomic E-state index is -2.90. The standard InChI is InChI=1S/C26H20ClNO8/c27-11-4-1-3-10(7-11)8-13-12-5-2-6-15(29)17(12)22(32)20-18(13)21(31)14-9-16(30)19(25(28)35)23(33)26(14,36)24(20)34/h1-8,14,18,21,29-31,34,36H,9H2,(H2,28,35)/b13-8+/t14-,18-,21-,26-/m1/s1. The van der Waals surface area contributed by atoms with Crippen molar-refractivity contribution in [3.8, 4) is 5.75 Å². The Morgan fingerprint density at radius 3 is 2.47 bits per heavy atom.